The van der Waals surface area contributed by atoms with Crippen LogP contribution in [0.5, 0.6) is 0 Å². The van der Waals surface area contributed by atoms with Crippen LogP contribution in [0, 0.1) is 5.41 Å². The lowest BCUT2D eigenvalue weighted by Crippen LogP contribution is -2.49. The van der Waals surface area contributed by atoms with E-state index in [0.29, 0.717) is 6.42 Å². The predicted molar refractivity (Wildman–Crippen MR) is 108 cm³/mol. The van der Waals surface area contributed by atoms with Gasteiger partial charge in [-0.05, 0) is 24.0 Å². The van der Waals surface area contributed by atoms with Crippen molar-refractivity contribution in [2.24, 2.45) is 11.1 Å². The number of amides is 2. The van der Waals surface area contributed by atoms with Crippen LogP contribution in [0.2, 0.25) is 0 Å². The van der Waals surface area contributed by atoms with E-state index in [4.69, 9.17) is 5.73 Å². The van der Waals surface area contributed by atoms with Gasteiger partial charge in [0.1, 0.15) is 5.41 Å². The molecule has 1 aromatic rings. The first kappa shape index (κ1) is 21.0. The number of benzene rings is 1. The maximum Gasteiger partial charge on any atom is 0.239 e. The quantitative estimate of drug-likeness (QED) is 0.374. The molecule has 0 bridgehead atoms. The third kappa shape index (κ3) is 5.85. The Labute approximate surface area is 160 Å². The molecule has 2 amide bonds. The van der Waals surface area contributed by atoms with Crippen molar-refractivity contribution in [3.8, 4) is 0 Å². The number of carbonyl (C=O) groups is 2. The minimum absolute atomic E-state index is 0.176. The Bertz CT molecular complexity index is 818. The molecule has 3 N–H and O–H groups in total. The zero-order valence-corrected chi connectivity index (χ0v) is 16.7. The molecular weight excluding hydrogens is 382 g/mol. The zero-order chi connectivity index (χ0) is 19.7. The summed E-state index contributed by atoms with van der Waals surface area (Å²) in [6.07, 6.45) is 9.80. The van der Waals surface area contributed by atoms with Gasteiger partial charge in [0.15, 0.2) is 7.49 Å². The minimum atomic E-state index is -2.13. The first-order valence-electron chi connectivity index (χ1n) is 8.55. The Morgan fingerprint density at radius 2 is 2.00 bits per heavy atom. The Morgan fingerprint density at radius 1 is 1.26 bits per heavy atom. The Hall–Kier alpha value is -2.29. The van der Waals surface area contributed by atoms with Crippen LogP contribution in [0.3, 0.4) is 0 Å². The van der Waals surface area contributed by atoms with Gasteiger partial charge in [-0.1, -0.05) is 60.7 Å². The average Bonchev–Trinajstić information content (AvgIpc) is 2.70. The topological polar surface area (TPSA) is 106 Å². The Kier molecular flexibility index (Phi) is 7.90. The van der Waals surface area contributed by atoms with Gasteiger partial charge in [0.25, 0.3) is 0 Å². The number of carbonyl (C=O) groups excluding carboxylic acids is 2. The number of rotatable bonds is 9. The van der Waals surface area contributed by atoms with Gasteiger partial charge in [0, 0.05) is 12.7 Å². The second kappa shape index (κ2) is 10.1. The van der Waals surface area contributed by atoms with Crippen molar-refractivity contribution >= 4 is 33.5 Å². The van der Waals surface area contributed by atoms with E-state index in [1.165, 1.54) is 6.08 Å². The summed E-state index contributed by atoms with van der Waals surface area (Å²) in [7, 11) is -2.47. The summed E-state index contributed by atoms with van der Waals surface area (Å²) >= 11 is 0. The van der Waals surface area contributed by atoms with E-state index in [-0.39, 0.29) is 27.3 Å². The first-order valence-corrected chi connectivity index (χ1v) is 11.8. The van der Waals surface area contributed by atoms with Gasteiger partial charge in [0.2, 0.25) is 20.0 Å². The molecule has 1 aliphatic carbocycles. The molecule has 0 fully saturated rings. The van der Waals surface area contributed by atoms with Gasteiger partial charge < -0.3 is 15.6 Å². The number of hydrogen-bond acceptors (Lipinski definition) is 4. The highest BCUT2D eigenvalue weighted by Gasteiger charge is 2.42. The fourth-order valence-corrected chi connectivity index (χ4v) is 3.96. The molecule has 6 nitrogen and oxygen atoms in total. The largest absolute Gasteiger partial charge is 0.368 e. The number of nitrogens with two attached hydrogens (primary N) is 1. The molecule has 0 radical (unpaired) electrons. The molecular formula is C19H22N2O4P2. The van der Waals surface area contributed by atoms with Gasteiger partial charge in [-0.2, -0.15) is 0 Å². The highest BCUT2D eigenvalue weighted by molar-refractivity contribution is 8.09. The molecule has 142 valence electrons. The number of allylic oxidation sites excluding steroid dienone is 4. The van der Waals surface area contributed by atoms with Crippen LogP contribution >= 0.6 is 15.6 Å². The third-order valence-electron chi connectivity index (χ3n) is 4.29. The molecule has 0 aliphatic heterocycles. The molecule has 2 atom stereocenters. The molecule has 0 heterocycles. The average molecular weight is 404 g/mol. The van der Waals surface area contributed by atoms with Gasteiger partial charge in [-0.3, -0.25) is 14.2 Å². The highest BCUT2D eigenvalue weighted by Crippen LogP contribution is 2.36. The first-order chi connectivity index (χ1) is 13.0. The molecule has 27 heavy (non-hydrogen) atoms. The number of hydrogen-bond donors (Lipinski definition) is 2. The summed E-state index contributed by atoms with van der Waals surface area (Å²) in [5.41, 5.74) is 6.01. The van der Waals surface area contributed by atoms with Gasteiger partial charge in [-0.15, -0.1) is 0 Å². The van der Waals surface area contributed by atoms with E-state index < -0.39 is 24.7 Å². The van der Waals surface area contributed by atoms with Crippen molar-refractivity contribution < 1.29 is 18.7 Å². The monoisotopic (exact) mass is 404 g/mol. The van der Waals surface area contributed by atoms with Gasteiger partial charge in [0.05, 0.1) is 0 Å². The zero-order valence-electron chi connectivity index (χ0n) is 14.8. The molecule has 1 aromatic carbocycles. The van der Waals surface area contributed by atoms with Gasteiger partial charge in [-0.25, -0.2) is 0 Å². The predicted octanol–water partition coefficient (Wildman–Crippen LogP) is 3.33. The van der Waals surface area contributed by atoms with Crippen molar-refractivity contribution in [1.29, 1.82) is 0 Å². The molecule has 0 aromatic heterocycles. The molecule has 0 saturated carbocycles. The van der Waals surface area contributed by atoms with Crippen molar-refractivity contribution in [2.75, 3.05) is 12.7 Å². The van der Waals surface area contributed by atoms with E-state index in [1.54, 1.807) is 12.2 Å². The molecule has 2 rings (SSSR count). The van der Waals surface area contributed by atoms with Crippen LogP contribution in [0.15, 0.2) is 60.2 Å². The maximum absolute atomic E-state index is 12.5. The smallest absolute Gasteiger partial charge is 0.239 e. The second-order valence-corrected chi connectivity index (χ2v) is 9.68. The van der Waals surface area contributed by atoms with Crippen molar-refractivity contribution in [3.05, 3.63) is 65.8 Å². The van der Waals surface area contributed by atoms with E-state index in [1.807, 2.05) is 42.5 Å². The molecule has 1 aliphatic rings. The number of primary amides is 1. The van der Waals surface area contributed by atoms with Crippen LogP contribution in [-0.4, -0.2) is 24.5 Å². The van der Waals surface area contributed by atoms with E-state index in [9.17, 15) is 18.7 Å². The van der Waals surface area contributed by atoms with Crippen LogP contribution in [-0.2, 0) is 18.7 Å². The van der Waals surface area contributed by atoms with E-state index in [0.717, 1.165) is 11.1 Å². The molecule has 0 saturated heterocycles. The Morgan fingerprint density at radius 3 is 2.59 bits per heavy atom. The molecule has 2 unspecified atom stereocenters. The standard InChI is InChI=1S/C19H22N2O4P2/c20-17(22)19(18(23)21-13-4-14-27(25)26-24)11-9-16(10-12-19)8-7-15-5-2-1-3-6-15/h1-3,5-11,27H,4,12-14H2,(H2,20,22)(H,21,23)/b8-7+. The third-order valence-corrected chi connectivity index (χ3v) is 6.55. The summed E-state index contributed by atoms with van der Waals surface area (Å²) in [5.74, 6) is -1.20. The molecule has 0 spiro atoms. The van der Waals surface area contributed by atoms with E-state index in [2.05, 4.69) is 5.32 Å². The normalized spacial score (nSPS) is 20.4. The lowest BCUT2D eigenvalue weighted by molar-refractivity contribution is -0.138. The summed E-state index contributed by atoms with van der Waals surface area (Å²) in [6.45, 7) is 0.248. The summed E-state index contributed by atoms with van der Waals surface area (Å²) in [4.78, 5) is 24.5. The lowest BCUT2D eigenvalue weighted by Gasteiger charge is -2.27. The van der Waals surface area contributed by atoms with Crippen molar-refractivity contribution in [3.63, 3.8) is 0 Å². The van der Waals surface area contributed by atoms with E-state index >= 15 is 0 Å². The van der Waals surface area contributed by atoms with Crippen molar-refractivity contribution in [2.45, 2.75) is 12.8 Å². The summed E-state index contributed by atoms with van der Waals surface area (Å²) in [5, 5.41) is 2.66. The van der Waals surface area contributed by atoms with Gasteiger partial charge >= 0.3 is 0 Å². The van der Waals surface area contributed by atoms with Crippen LogP contribution in [0.1, 0.15) is 18.4 Å². The highest BCUT2D eigenvalue weighted by atomic mass is 32.0. The SMILES string of the molecule is NC(=O)C1(C(=O)NCCC[PH](=O)P=O)C=CC(/C=C/c2ccccc2)=CC1. The minimum Gasteiger partial charge on any atom is -0.368 e. The fraction of sp³-hybridized carbons (Fsp3) is 0.263. The molecule has 8 heteroatoms. The van der Waals surface area contributed by atoms with Crippen molar-refractivity contribution in [1.82, 2.24) is 5.32 Å². The maximum atomic E-state index is 12.5. The van der Waals surface area contributed by atoms with Crippen LogP contribution in [0.25, 0.3) is 6.08 Å². The summed E-state index contributed by atoms with van der Waals surface area (Å²) in [6, 6.07) is 9.79. The lowest BCUT2D eigenvalue weighted by atomic mass is 9.78. The van der Waals surface area contributed by atoms with Crippen LogP contribution < -0.4 is 11.1 Å². The number of nitrogens with one attached hydrogen (secondary N) is 1. The Balaban J connectivity index is 1.98. The second-order valence-electron chi connectivity index (χ2n) is 6.17. The summed E-state index contributed by atoms with van der Waals surface area (Å²) < 4.78 is 21.6. The van der Waals surface area contributed by atoms with Crippen LogP contribution in [0.4, 0.5) is 0 Å². The fourth-order valence-electron chi connectivity index (χ4n) is 2.64.